The highest BCUT2D eigenvalue weighted by molar-refractivity contribution is 5.48. The molecule has 0 saturated heterocycles. The lowest BCUT2D eigenvalue weighted by Crippen LogP contribution is -3.00. The number of anilines is 1. The Morgan fingerprint density at radius 1 is 1.36 bits per heavy atom. The van der Waals surface area contributed by atoms with Gasteiger partial charge in [-0.3, -0.25) is 0 Å². The van der Waals surface area contributed by atoms with E-state index in [0.717, 1.165) is 0 Å². The van der Waals surface area contributed by atoms with Crippen molar-refractivity contribution in [2.45, 2.75) is 6.92 Å². The molecule has 0 saturated carbocycles. The van der Waals surface area contributed by atoms with Gasteiger partial charge in [0.1, 0.15) is 0 Å². The molecular formula is C8H13ClN2. The number of aromatic amines is 1. The molecule has 0 spiro atoms. The van der Waals surface area contributed by atoms with Crippen LogP contribution in [-0.4, -0.2) is 14.1 Å². The quantitative estimate of drug-likeness (QED) is 0.474. The summed E-state index contributed by atoms with van der Waals surface area (Å²) in [6.07, 6.45) is 3.93. The lowest BCUT2D eigenvalue weighted by Gasteiger charge is -2.12. The first kappa shape index (κ1) is 10.2. The van der Waals surface area contributed by atoms with Crippen molar-refractivity contribution >= 4 is 5.69 Å². The number of rotatable bonds is 1. The van der Waals surface area contributed by atoms with E-state index < -0.39 is 0 Å². The monoisotopic (exact) mass is 172 g/mol. The third-order valence-electron chi connectivity index (χ3n) is 1.52. The fraction of sp³-hybridized carbons (Fsp3) is 0.375. The summed E-state index contributed by atoms with van der Waals surface area (Å²) in [6.45, 7) is 2.09. The van der Waals surface area contributed by atoms with Gasteiger partial charge in [-0.15, -0.1) is 0 Å². The first-order valence-electron chi connectivity index (χ1n) is 3.36. The predicted molar refractivity (Wildman–Crippen MR) is 42.1 cm³/mol. The number of aromatic nitrogens is 1. The van der Waals surface area contributed by atoms with Crippen molar-refractivity contribution < 1.29 is 17.4 Å². The molecule has 3 heteroatoms. The van der Waals surface area contributed by atoms with Crippen LogP contribution in [0.15, 0.2) is 18.5 Å². The van der Waals surface area contributed by atoms with E-state index in [4.69, 9.17) is 0 Å². The van der Waals surface area contributed by atoms with Crippen molar-refractivity contribution in [3.63, 3.8) is 0 Å². The number of halogens is 1. The highest BCUT2D eigenvalue weighted by Gasteiger charge is 1.99. The number of pyridine rings is 1. The van der Waals surface area contributed by atoms with Crippen LogP contribution in [0.3, 0.4) is 0 Å². The van der Waals surface area contributed by atoms with Crippen LogP contribution in [0.2, 0.25) is 0 Å². The van der Waals surface area contributed by atoms with E-state index in [9.17, 15) is 0 Å². The van der Waals surface area contributed by atoms with E-state index in [0.29, 0.717) is 0 Å². The summed E-state index contributed by atoms with van der Waals surface area (Å²) >= 11 is 0. The number of nitrogens with zero attached hydrogens (tertiary/aromatic N) is 1. The van der Waals surface area contributed by atoms with Gasteiger partial charge in [0.05, 0.1) is 5.69 Å². The second-order valence-corrected chi connectivity index (χ2v) is 2.61. The van der Waals surface area contributed by atoms with Gasteiger partial charge in [0.15, 0.2) is 12.4 Å². The van der Waals surface area contributed by atoms with Crippen molar-refractivity contribution in [2.24, 2.45) is 0 Å². The Labute approximate surface area is 73.7 Å². The summed E-state index contributed by atoms with van der Waals surface area (Å²) in [4.78, 5) is 5.13. The van der Waals surface area contributed by atoms with E-state index in [1.807, 2.05) is 26.5 Å². The van der Waals surface area contributed by atoms with E-state index in [2.05, 4.69) is 22.9 Å². The first-order valence-corrected chi connectivity index (χ1v) is 3.36. The molecule has 0 aliphatic carbocycles. The molecule has 0 fully saturated rings. The molecule has 0 aromatic carbocycles. The van der Waals surface area contributed by atoms with Crippen molar-refractivity contribution in [1.82, 2.24) is 0 Å². The summed E-state index contributed by atoms with van der Waals surface area (Å²) in [7, 11) is 4.09. The summed E-state index contributed by atoms with van der Waals surface area (Å²) in [6, 6.07) is 2.06. The Morgan fingerprint density at radius 2 is 2.00 bits per heavy atom. The molecular weight excluding hydrogens is 160 g/mol. The summed E-state index contributed by atoms with van der Waals surface area (Å²) < 4.78 is 0. The highest BCUT2D eigenvalue weighted by Crippen LogP contribution is 2.12. The topological polar surface area (TPSA) is 17.4 Å². The normalized spacial score (nSPS) is 8.64. The maximum Gasteiger partial charge on any atom is 0.171 e. The molecule has 0 aliphatic rings. The van der Waals surface area contributed by atoms with Crippen LogP contribution in [0.4, 0.5) is 5.69 Å². The fourth-order valence-corrected chi connectivity index (χ4v) is 1.01. The Morgan fingerprint density at radius 3 is 2.36 bits per heavy atom. The van der Waals surface area contributed by atoms with E-state index in [1.165, 1.54) is 11.3 Å². The predicted octanol–water partition coefficient (Wildman–Crippen LogP) is -2.12. The van der Waals surface area contributed by atoms with Crippen LogP contribution < -0.4 is 22.3 Å². The molecule has 0 unspecified atom stereocenters. The zero-order valence-electron chi connectivity index (χ0n) is 7.06. The Bertz CT molecular complexity index is 223. The van der Waals surface area contributed by atoms with E-state index in [-0.39, 0.29) is 12.4 Å². The minimum Gasteiger partial charge on any atom is -1.00 e. The maximum atomic E-state index is 3.03. The SMILES string of the molecule is Cc1c[nH+]ccc1N(C)C.[Cl-]. The molecule has 0 amide bonds. The molecule has 0 radical (unpaired) electrons. The van der Waals surface area contributed by atoms with E-state index >= 15 is 0 Å². The lowest BCUT2D eigenvalue weighted by atomic mass is 10.2. The van der Waals surface area contributed by atoms with E-state index in [1.54, 1.807) is 0 Å². The average molecular weight is 173 g/mol. The standard InChI is InChI=1S/C8H12N2.ClH/c1-7-6-9-5-4-8(7)10(2)3;/h4-6H,1-3H3;1H. The largest absolute Gasteiger partial charge is 1.00 e. The Balaban J connectivity index is 0.000001000. The third kappa shape index (κ3) is 2.39. The fourth-order valence-electron chi connectivity index (χ4n) is 1.01. The molecule has 0 aliphatic heterocycles. The van der Waals surface area contributed by atoms with Gasteiger partial charge in [0.25, 0.3) is 0 Å². The number of H-pyrrole nitrogens is 1. The number of hydrogen-bond acceptors (Lipinski definition) is 1. The molecule has 1 aromatic rings. The minimum absolute atomic E-state index is 0. The molecule has 1 heterocycles. The van der Waals surface area contributed by atoms with Crippen molar-refractivity contribution in [1.29, 1.82) is 0 Å². The summed E-state index contributed by atoms with van der Waals surface area (Å²) in [5.74, 6) is 0. The second kappa shape index (κ2) is 4.19. The molecule has 0 atom stereocenters. The Kier molecular flexibility index (Phi) is 3.90. The van der Waals surface area contributed by atoms with Crippen molar-refractivity contribution in [2.75, 3.05) is 19.0 Å². The minimum atomic E-state index is 0. The maximum absolute atomic E-state index is 3.03. The van der Waals surface area contributed by atoms with Crippen LogP contribution in [-0.2, 0) is 0 Å². The molecule has 1 N–H and O–H groups in total. The van der Waals surface area contributed by atoms with Crippen LogP contribution in [0.5, 0.6) is 0 Å². The molecule has 2 nitrogen and oxygen atoms in total. The van der Waals surface area contributed by atoms with Gasteiger partial charge in [0, 0.05) is 25.7 Å². The Hall–Kier alpha value is -0.760. The second-order valence-electron chi connectivity index (χ2n) is 2.61. The average Bonchev–Trinajstić information content (AvgIpc) is 1.88. The highest BCUT2D eigenvalue weighted by atomic mass is 35.5. The smallest absolute Gasteiger partial charge is 0.171 e. The molecule has 1 rings (SSSR count). The molecule has 1 aromatic heterocycles. The van der Waals surface area contributed by atoms with Gasteiger partial charge in [0.2, 0.25) is 0 Å². The van der Waals surface area contributed by atoms with Gasteiger partial charge in [-0.05, 0) is 6.92 Å². The van der Waals surface area contributed by atoms with Crippen LogP contribution in [0, 0.1) is 6.92 Å². The van der Waals surface area contributed by atoms with Crippen LogP contribution in [0.25, 0.3) is 0 Å². The zero-order valence-corrected chi connectivity index (χ0v) is 7.81. The van der Waals surface area contributed by atoms with Crippen molar-refractivity contribution in [3.8, 4) is 0 Å². The van der Waals surface area contributed by atoms with Gasteiger partial charge >= 0.3 is 0 Å². The summed E-state index contributed by atoms with van der Waals surface area (Å²) in [5, 5.41) is 0. The summed E-state index contributed by atoms with van der Waals surface area (Å²) in [5.41, 5.74) is 2.53. The zero-order chi connectivity index (χ0) is 7.56. The van der Waals surface area contributed by atoms with Gasteiger partial charge in [-0.1, -0.05) is 0 Å². The van der Waals surface area contributed by atoms with Crippen LogP contribution in [0.1, 0.15) is 5.56 Å². The first-order chi connectivity index (χ1) is 4.72. The third-order valence-corrected chi connectivity index (χ3v) is 1.52. The molecule has 0 bridgehead atoms. The molecule has 11 heavy (non-hydrogen) atoms. The number of nitrogens with one attached hydrogen (secondary N) is 1. The van der Waals surface area contributed by atoms with Gasteiger partial charge < -0.3 is 17.3 Å². The number of hydrogen-bond donors (Lipinski definition) is 0. The van der Waals surface area contributed by atoms with Crippen LogP contribution >= 0.6 is 0 Å². The van der Waals surface area contributed by atoms with Gasteiger partial charge in [-0.2, -0.15) is 0 Å². The lowest BCUT2D eigenvalue weighted by molar-refractivity contribution is -0.378. The van der Waals surface area contributed by atoms with Gasteiger partial charge in [-0.25, -0.2) is 4.98 Å². The van der Waals surface area contributed by atoms with Crippen molar-refractivity contribution in [3.05, 3.63) is 24.0 Å². The number of aryl methyl sites for hydroxylation is 1. The molecule has 62 valence electrons.